The average Bonchev–Trinajstić information content (AvgIpc) is 3.11. The first-order chi connectivity index (χ1) is 7.76. The van der Waals surface area contributed by atoms with Crippen LogP contribution >= 0.6 is 0 Å². The zero-order valence-electron chi connectivity index (χ0n) is 9.32. The van der Waals surface area contributed by atoms with Gasteiger partial charge in [-0.25, -0.2) is 0 Å². The maximum atomic E-state index is 11.8. The molecule has 0 aromatic heterocycles. The van der Waals surface area contributed by atoms with Gasteiger partial charge in [0.1, 0.15) is 5.75 Å². The van der Waals surface area contributed by atoms with Gasteiger partial charge in [-0.1, -0.05) is 12.1 Å². The highest BCUT2D eigenvalue weighted by atomic mass is 16.5. The fourth-order valence-corrected chi connectivity index (χ4v) is 1.59. The van der Waals surface area contributed by atoms with E-state index >= 15 is 0 Å². The molecule has 0 unspecified atom stereocenters. The van der Waals surface area contributed by atoms with Crippen LogP contribution in [0.1, 0.15) is 28.8 Å². The summed E-state index contributed by atoms with van der Waals surface area (Å²) in [5, 5.41) is 2.62. The summed E-state index contributed by atoms with van der Waals surface area (Å²) in [5.41, 5.74) is 7.01. The molecule has 1 amide bonds. The third kappa shape index (κ3) is 2.17. The van der Waals surface area contributed by atoms with Crippen molar-refractivity contribution >= 4 is 5.91 Å². The molecule has 1 aromatic carbocycles. The summed E-state index contributed by atoms with van der Waals surface area (Å²) in [6.07, 6.45) is 2.41. The maximum Gasteiger partial charge on any atom is 0.255 e. The second-order valence-electron chi connectivity index (χ2n) is 3.89. The van der Waals surface area contributed by atoms with Gasteiger partial charge in [-0.05, 0) is 24.5 Å². The number of carbonyl (C=O) groups excluding carboxylic acids is 1. The smallest absolute Gasteiger partial charge is 0.255 e. The van der Waals surface area contributed by atoms with Gasteiger partial charge in [0, 0.05) is 13.6 Å². The van der Waals surface area contributed by atoms with Crippen LogP contribution in [0.4, 0.5) is 0 Å². The predicted octanol–water partition coefficient (Wildman–Crippen LogP) is 1.05. The lowest BCUT2D eigenvalue weighted by atomic mass is 10.1. The van der Waals surface area contributed by atoms with Gasteiger partial charge in [0.2, 0.25) is 0 Å². The Morgan fingerprint density at radius 3 is 2.88 bits per heavy atom. The van der Waals surface area contributed by atoms with Crippen LogP contribution in [-0.4, -0.2) is 19.1 Å². The van der Waals surface area contributed by atoms with Gasteiger partial charge in [-0.15, -0.1) is 0 Å². The van der Waals surface area contributed by atoms with Crippen LogP contribution in [0.15, 0.2) is 18.2 Å². The molecule has 1 aliphatic rings. The number of amides is 1. The number of benzene rings is 1. The summed E-state index contributed by atoms with van der Waals surface area (Å²) in [6.45, 7) is 0.338. The lowest BCUT2D eigenvalue weighted by molar-refractivity contribution is 0.0957. The van der Waals surface area contributed by atoms with Crippen molar-refractivity contribution in [2.24, 2.45) is 5.73 Å². The standard InChI is InChI=1S/C12H16N2O2/c1-14-12(15)11-8(7-13)3-2-4-10(11)16-9-5-6-9/h2-4,9H,5-7,13H2,1H3,(H,14,15). The molecule has 1 aliphatic carbocycles. The number of rotatable bonds is 4. The highest BCUT2D eigenvalue weighted by Gasteiger charge is 2.26. The zero-order chi connectivity index (χ0) is 11.5. The maximum absolute atomic E-state index is 11.8. The van der Waals surface area contributed by atoms with E-state index in [4.69, 9.17) is 10.5 Å². The molecule has 0 heterocycles. The second-order valence-corrected chi connectivity index (χ2v) is 3.89. The number of hydrogen-bond donors (Lipinski definition) is 2. The fourth-order valence-electron chi connectivity index (χ4n) is 1.59. The summed E-state index contributed by atoms with van der Waals surface area (Å²) in [5.74, 6) is 0.501. The Bertz CT molecular complexity index is 400. The van der Waals surface area contributed by atoms with E-state index in [1.165, 1.54) is 0 Å². The van der Waals surface area contributed by atoms with Gasteiger partial charge in [0.25, 0.3) is 5.91 Å². The van der Waals surface area contributed by atoms with Gasteiger partial charge in [0.05, 0.1) is 11.7 Å². The number of nitrogens with two attached hydrogens (primary N) is 1. The van der Waals surface area contributed by atoms with Crippen LogP contribution in [0.3, 0.4) is 0 Å². The Labute approximate surface area is 94.8 Å². The highest BCUT2D eigenvalue weighted by Crippen LogP contribution is 2.30. The van der Waals surface area contributed by atoms with E-state index in [0.717, 1.165) is 18.4 Å². The van der Waals surface area contributed by atoms with E-state index in [0.29, 0.717) is 17.9 Å². The summed E-state index contributed by atoms with van der Waals surface area (Å²) in [4.78, 5) is 11.8. The molecule has 1 fully saturated rings. The Kier molecular flexibility index (Phi) is 3.10. The molecular weight excluding hydrogens is 204 g/mol. The van der Waals surface area contributed by atoms with Crippen molar-refractivity contribution in [3.05, 3.63) is 29.3 Å². The normalized spacial score (nSPS) is 14.6. The average molecular weight is 220 g/mol. The molecule has 0 saturated heterocycles. The molecule has 4 heteroatoms. The van der Waals surface area contributed by atoms with E-state index < -0.39 is 0 Å². The monoisotopic (exact) mass is 220 g/mol. The molecule has 4 nitrogen and oxygen atoms in total. The summed E-state index contributed by atoms with van der Waals surface area (Å²) >= 11 is 0. The van der Waals surface area contributed by atoms with Crippen molar-refractivity contribution in [3.63, 3.8) is 0 Å². The molecule has 0 bridgehead atoms. The van der Waals surface area contributed by atoms with Gasteiger partial charge in [-0.3, -0.25) is 4.79 Å². The number of carbonyl (C=O) groups is 1. The van der Waals surface area contributed by atoms with Gasteiger partial charge in [0.15, 0.2) is 0 Å². The van der Waals surface area contributed by atoms with Crippen LogP contribution in [0, 0.1) is 0 Å². The van der Waals surface area contributed by atoms with Crippen LogP contribution < -0.4 is 15.8 Å². The molecule has 0 spiro atoms. The third-order valence-corrected chi connectivity index (χ3v) is 2.60. The number of nitrogens with one attached hydrogen (secondary N) is 1. The molecule has 16 heavy (non-hydrogen) atoms. The van der Waals surface area contributed by atoms with E-state index in [2.05, 4.69) is 5.32 Å². The lowest BCUT2D eigenvalue weighted by Gasteiger charge is -2.13. The molecule has 0 radical (unpaired) electrons. The van der Waals surface area contributed by atoms with E-state index in [9.17, 15) is 4.79 Å². The summed E-state index contributed by atoms with van der Waals surface area (Å²) < 4.78 is 5.71. The van der Waals surface area contributed by atoms with Gasteiger partial charge >= 0.3 is 0 Å². The van der Waals surface area contributed by atoms with Crippen molar-refractivity contribution < 1.29 is 9.53 Å². The Hall–Kier alpha value is -1.55. The van der Waals surface area contributed by atoms with Crippen molar-refractivity contribution in [2.75, 3.05) is 7.05 Å². The molecule has 1 aromatic rings. The first-order valence-electron chi connectivity index (χ1n) is 5.47. The van der Waals surface area contributed by atoms with Crippen molar-refractivity contribution in [2.45, 2.75) is 25.5 Å². The van der Waals surface area contributed by atoms with Crippen LogP contribution in [0.5, 0.6) is 5.75 Å². The fraction of sp³-hybridized carbons (Fsp3) is 0.417. The van der Waals surface area contributed by atoms with Gasteiger partial charge < -0.3 is 15.8 Å². The summed E-state index contributed by atoms with van der Waals surface area (Å²) in [7, 11) is 1.61. The quantitative estimate of drug-likeness (QED) is 0.797. The highest BCUT2D eigenvalue weighted by molar-refractivity contribution is 5.98. The van der Waals surface area contributed by atoms with Crippen molar-refractivity contribution in [1.29, 1.82) is 0 Å². The van der Waals surface area contributed by atoms with Crippen LogP contribution in [0.25, 0.3) is 0 Å². The minimum atomic E-state index is -0.142. The minimum Gasteiger partial charge on any atom is -0.490 e. The molecule has 0 atom stereocenters. The van der Waals surface area contributed by atoms with Crippen LogP contribution in [-0.2, 0) is 6.54 Å². The molecule has 1 saturated carbocycles. The topological polar surface area (TPSA) is 64.4 Å². The second kappa shape index (κ2) is 4.53. The first kappa shape index (κ1) is 11.0. The Morgan fingerprint density at radius 1 is 1.56 bits per heavy atom. The Balaban J connectivity index is 2.36. The van der Waals surface area contributed by atoms with Crippen LogP contribution in [0.2, 0.25) is 0 Å². The third-order valence-electron chi connectivity index (χ3n) is 2.60. The van der Waals surface area contributed by atoms with E-state index in [-0.39, 0.29) is 12.0 Å². The predicted molar refractivity (Wildman–Crippen MR) is 61.4 cm³/mol. The summed E-state index contributed by atoms with van der Waals surface area (Å²) in [6, 6.07) is 5.54. The zero-order valence-corrected chi connectivity index (χ0v) is 9.32. The molecule has 0 aliphatic heterocycles. The van der Waals surface area contributed by atoms with E-state index in [1.54, 1.807) is 7.05 Å². The SMILES string of the molecule is CNC(=O)c1c(CN)cccc1OC1CC1. The molecule has 2 rings (SSSR count). The largest absolute Gasteiger partial charge is 0.490 e. The first-order valence-corrected chi connectivity index (χ1v) is 5.47. The minimum absolute atomic E-state index is 0.142. The van der Waals surface area contributed by atoms with E-state index in [1.807, 2.05) is 18.2 Å². The Morgan fingerprint density at radius 2 is 2.31 bits per heavy atom. The van der Waals surface area contributed by atoms with Gasteiger partial charge in [-0.2, -0.15) is 0 Å². The molecular formula is C12H16N2O2. The molecule has 86 valence electrons. The molecule has 3 N–H and O–H groups in total. The van der Waals surface area contributed by atoms with Crippen molar-refractivity contribution in [3.8, 4) is 5.75 Å². The number of hydrogen-bond acceptors (Lipinski definition) is 3. The lowest BCUT2D eigenvalue weighted by Crippen LogP contribution is -2.22. The van der Waals surface area contributed by atoms with Crippen molar-refractivity contribution in [1.82, 2.24) is 5.32 Å². The number of ether oxygens (including phenoxy) is 1.